The minimum atomic E-state index is 0. The molecule has 20 radical (unpaired) electrons. The fraction of sp³-hybridized carbons (Fsp3) is 1.00. The minimum Gasteiger partial charge on any atom is -0.378 e. The molecule has 0 aromatic heterocycles. The summed E-state index contributed by atoms with van der Waals surface area (Å²) < 4.78 is 68.6. The van der Waals surface area contributed by atoms with Crippen LogP contribution in [-0.4, -0.2) is 335 Å². The fourth-order valence-electron chi connectivity index (χ4n) is 5.81. The number of nitrogens with one attached hydrogen (secondary N) is 2. The Kier molecular flexibility index (Phi) is 96.6. The average Bonchev–Trinajstić information content (AvgIpc) is 3.15. The van der Waals surface area contributed by atoms with Crippen molar-refractivity contribution < 1.29 is 169 Å². The molecule has 0 aromatic carbocycles. The van der Waals surface area contributed by atoms with Crippen LogP contribution in [0.5, 0.6) is 0 Å². The van der Waals surface area contributed by atoms with Gasteiger partial charge in [-0.15, -0.1) is 0 Å². The molecule has 0 atom stereocenters. The molecule has 0 aromatic rings. The molecule has 6 heterocycles. The van der Waals surface area contributed by atoms with Crippen LogP contribution in [0.1, 0.15) is 0 Å². The van der Waals surface area contributed by atoms with Crippen molar-refractivity contribution in [3.63, 3.8) is 0 Å². The van der Waals surface area contributed by atoms with Crippen LogP contribution in [0, 0.1) is 0 Å². The summed E-state index contributed by atoms with van der Waals surface area (Å²) in [5.41, 5.74) is 0. The second-order valence-corrected chi connectivity index (χ2v) is 13.0. The Hall–Kier alpha value is 5.19. The predicted octanol–water partition coefficient (Wildman–Crippen LogP) is -10.6. The second kappa shape index (κ2) is 69.3. The van der Waals surface area contributed by atoms with E-state index in [-0.39, 0.29) is 215 Å². The smallest absolute Gasteiger partial charge is 0.378 e. The maximum atomic E-state index is 5.73. The van der Waals surface area contributed by atoms with Gasteiger partial charge < -0.3 is 91.2 Å². The van der Waals surface area contributed by atoms with Gasteiger partial charge in [0.15, 0.2) is 0 Å². The van der Waals surface area contributed by atoms with Gasteiger partial charge in [-0.1, -0.05) is 0 Å². The zero-order valence-electron chi connectivity index (χ0n) is 39.6. The molecule has 0 saturated carbocycles. The van der Waals surface area contributed by atoms with E-state index in [9.17, 15) is 0 Å². The Labute approximate surface area is 521 Å². The zero-order valence-corrected chi connectivity index (χ0v) is 56.3. The first-order chi connectivity index (χ1) is 25.9. The monoisotopic (exact) mass is 1270 g/mol. The minimum absolute atomic E-state index is 0. The molecular formula is C36H86Ge5K2N8O12+4. The molecule has 27 heteroatoms. The molecule has 20 nitrogen and oxygen atoms in total. The maximum absolute atomic E-state index is 5.73. The summed E-state index contributed by atoms with van der Waals surface area (Å²) >= 11 is 0. The van der Waals surface area contributed by atoms with Gasteiger partial charge in [0, 0.05) is 127 Å². The number of nitrogens with zero attached hydrogens (tertiary/aromatic N) is 2. The van der Waals surface area contributed by atoms with Crippen LogP contribution in [0.2, 0.25) is 0 Å². The zero-order chi connectivity index (χ0) is 36.3. The van der Waals surface area contributed by atoms with E-state index in [0.29, 0.717) is 119 Å². The molecule has 6 fully saturated rings. The van der Waals surface area contributed by atoms with Crippen molar-refractivity contribution in [2.75, 3.05) is 237 Å². The van der Waals surface area contributed by atoms with Crippen LogP contribution < -0.4 is 137 Å². The Morgan fingerprint density at radius 2 is 0.333 bits per heavy atom. The van der Waals surface area contributed by atoms with Gasteiger partial charge in [0.05, 0.1) is 159 Å². The molecule has 0 unspecified atom stereocenters. The van der Waals surface area contributed by atoms with Crippen LogP contribution in [0.3, 0.4) is 0 Å². The molecule has 0 aliphatic carbocycles. The first-order valence-corrected chi connectivity index (χ1v) is 19.9. The molecule has 6 aliphatic heterocycles. The third kappa shape index (κ3) is 56.3. The van der Waals surface area contributed by atoms with Crippen LogP contribution in [0.4, 0.5) is 0 Å². The van der Waals surface area contributed by atoms with E-state index >= 15 is 0 Å². The van der Waals surface area contributed by atoms with Gasteiger partial charge in [-0.2, -0.15) is 0 Å². The van der Waals surface area contributed by atoms with Crippen molar-refractivity contribution in [3.8, 4) is 0 Å². The van der Waals surface area contributed by atoms with Crippen molar-refractivity contribution in [1.82, 2.24) is 34.4 Å². The fourth-order valence-corrected chi connectivity index (χ4v) is 5.81. The molecular weight excluding hydrogens is 1180 g/mol. The second-order valence-electron chi connectivity index (χ2n) is 13.0. The van der Waals surface area contributed by atoms with Gasteiger partial charge >= 0.3 is 103 Å². The summed E-state index contributed by atoms with van der Waals surface area (Å²) in [5, 5.41) is 0. The van der Waals surface area contributed by atoms with E-state index in [4.69, 9.17) is 56.8 Å². The predicted molar refractivity (Wildman–Crippen MR) is 243 cm³/mol. The van der Waals surface area contributed by atoms with Gasteiger partial charge in [0.2, 0.25) is 0 Å². The van der Waals surface area contributed by atoms with Crippen molar-refractivity contribution >= 4 is 88.0 Å². The number of quaternary nitrogens is 2. The van der Waals surface area contributed by atoms with Gasteiger partial charge in [-0.05, 0) is 0 Å². The van der Waals surface area contributed by atoms with Gasteiger partial charge in [-0.3, -0.25) is 9.80 Å². The van der Waals surface area contributed by atoms with Crippen molar-refractivity contribution in [2.45, 2.75) is 0 Å². The van der Waals surface area contributed by atoms with Crippen molar-refractivity contribution in [3.05, 3.63) is 0 Å². The summed E-state index contributed by atoms with van der Waals surface area (Å²) in [5.74, 6) is 0. The van der Waals surface area contributed by atoms with Crippen LogP contribution >= 0.6 is 0 Å². The summed E-state index contributed by atoms with van der Waals surface area (Å²) in [6.07, 6.45) is 0. The number of fused-ring (bicyclic) bond motifs is 42. The van der Waals surface area contributed by atoms with E-state index < -0.39 is 0 Å². The molecule has 6 aliphatic rings. The van der Waals surface area contributed by atoms with E-state index in [1.54, 1.807) is 0 Å². The van der Waals surface area contributed by atoms with E-state index in [1.165, 1.54) is 9.80 Å². The van der Waals surface area contributed by atoms with Crippen LogP contribution in [0.25, 0.3) is 0 Å². The van der Waals surface area contributed by atoms with Gasteiger partial charge in [-0.25, -0.2) is 0 Å². The maximum Gasteiger partial charge on any atom is 1.00 e. The standard InChI is InChI=1S/2C18H36N2O6.5Ge.2K.4H3N/c2*1-7-21-13-14-24-10-4-20-5-11-25-17-15-22-8-2-19(1)3-9-23-16-18-26-12-6-20;;;;;;;;;;;/h2*1-18H2;;;;;;;;4*1H3/q;;;;;;;2*+1;;;;/p+2. The third-order valence-corrected chi connectivity index (χ3v) is 9.14. The summed E-state index contributed by atoms with van der Waals surface area (Å²) in [6.45, 7) is 27.3. The summed E-state index contributed by atoms with van der Waals surface area (Å²) in [7, 11) is 0. The summed E-state index contributed by atoms with van der Waals surface area (Å²) in [4.78, 5) is 7.50. The number of ether oxygens (including phenoxy) is 12. The Morgan fingerprint density at radius 1 is 0.206 bits per heavy atom. The van der Waals surface area contributed by atoms with E-state index in [1.807, 2.05) is 0 Å². The largest absolute Gasteiger partial charge is 1.00 e. The van der Waals surface area contributed by atoms with Crippen LogP contribution in [-0.2, 0) is 56.8 Å². The topological polar surface area (TPSA) is 266 Å². The Bertz CT molecular complexity index is 604. The molecule has 14 N–H and O–H groups in total. The summed E-state index contributed by atoms with van der Waals surface area (Å²) in [6, 6.07) is 0. The molecule has 0 spiro atoms. The van der Waals surface area contributed by atoms with Crippen LogP contribution in [0.15, 0.2) is 0 Å². The average molecular weight is 1260 g/mol. The van der Waals surface area contributed by atoms with Crippen molar-refractivity contribution in [2.24, 2.45) is 0 Å². The quantitative estimate of drug-likeness (QED) is 0.123. The van der Waals surface area contributed by atoms with E-state index in [0.717, 1.165) is 118 Å². The first kappa shape index (κ1) is 87.9. The Morgan fingerprint density at radius 3 is 0.476 bits per heavy atom. The number of hydrogen-bond acceptors (Lipinski definition) is 18. The molecule has 360 valence electrons. The SMILES string of the molecule is C1COCCN2CCOCCOCCN(CCO1)CCOCCOCC2.C1COCC[NH+]2CCOCCOCC[NH+](CCO1)CCOCCOCC2.N.N.N.N.[Ge].[Ge].[Ge].[Ge].[Ge].[K+].[K+]. The molecule has 4 bridgehead atoms. The molecule has 6 rings (SSSR count). The number of hydrogen-bond donors (Lipinski definition) is 6. The first-order valence-electron chi connectivity index (χ1n) is 19.9. The van der Waals surface area contributed by atoms with Crippen molar-refractivity contribution in [1.29, 1.82) is 0 Å². The molecule has 6 saturated heterocycles. The molecule has 0 amide bonds. The van der Waals surface area contributed by atoms with Gasteiger partial charge in [0.25, 0.3) is 0 Å². The Balaban J connectivity index is -0.000000113. The van der Waals surface area contributed by atoms with E-state index in [2.05, 4.69) is 9.80 Å². The third-order valence-electron chi connectivity index (χ3n) is 9.14. The molecule has 63 heavy (non-hydrogen) atoms. The number of rotatable bonds is 0. The normalized spacial score (nSPS) is 25.1. The van der Waals surface area contributed by atoms with Gasteiger partial charge in [0.1, 0.15) is 39.3 Å².